The molecule has 101 valence electrons. The van der Waals surface area contributed by atoms with Crippen molar-refractivity contribution < 1.29 is 19.5 Å². The minimum atomic E-state index is -0.877. The topological polar surface area (TPSA) is 0 Å². The molecule has 0 aromatic heterocycles. The van der Waals surface area contributed by atoms with Gasteiger partial charge in [0.25, 0.3) is 0 Å². The molecule has 0 aliphatic rings. The fourth-order valence-corrected chi connectivity index (χ4v) is 4.89. The van der Waals surface area contributed by atoms with E-state index in [-0.39, 0.29) is 19.5 Å². The molecule has 0 atom stereocenters. The summed E-state index contributed by atoms with van der Waals surface area (Å²) < 4.78 is 0. The van der Waals surface area contributed by atoms with Crippen molar-refractivity contribution in [3.63, 3.8) is 0 Å². The molecule has 0 saturated carbocycles. The Morgan fingerprint density at radius 1 is 0.400 bits per heavy atom. The van der Waals surface area contributed by atoms with Crippen molar-refractivity contribution in [3.8, 4) is 0 Å². The number of hydrogen-bond acceptors (Lipinski definition) is 0. The van der Waals surface area contributed by atoms with Crippen LogP contribution in [0.4, 0.5) is 0 Å². The van der Waals surface area contributed by atoms with Gasteiger partial charge in [0.15, 0.2) is 0 Å². The van der Waals surface area contributed by atoms with Crippen LogP contribution in [-0.2, 0) is 19.5 Å². The first kappa shape index (κ1) is 15.1. The molecule has 0 saturated heterocycles. The van der Waals surface area contributed by atoms with Crippen molar-refractivity contribution in [2.45, 2.75) is 0 Å². The smallest absolute Gasteiger partial charge is 0.0620 e. The summed E-state index contributed by atoms with van der Waals surface area (Å²) in [5.74, 6) is 0. The number of hydrogen-bond donors (Lipinski definition) is 0. The van der Waals surface area contributed by atoms with E-state index in [1.54, 1.807) is 0 Å². The summed E-state index contributed by atoms with van der Waals surface area (Å²) in [6, 6.07) is 32.5. The van der Waals surface area contributed by atoms with Gasteiger partial charge in [-0.2, -0.15) is 0 Å². The Balaban J connectivity index is 0.00000147. The molecular weight excluding hydrogens is 348 g/mol. The van der Waals surface area contributed by atoms with Crippen LogP contribution in [0, 0.1) is 0 Å². The summed E-state index contributed by atoms with van der Waals surface area (Å²) >= 11 is 0. The standard InChI is InChI=1S/C18H15P.Ru.H/c1-4-10-16(11-5-1)19(17-12-6-2-7-13-17)18-14-8-3-9-15-18;;/h1-15H;;/p+1. The van der Waals surface area contributed by atoms with Gasteiger partial charge in [-0.05, 0) is 36.4 Å². The Labute approximate surface area is 134 Å². The van der Waals surface area contributed by atoms with Gasteiger partial charge in [0.05, 0.1) is 7.92 Å². The van der Waals surface area contributed by atoms with E-state index >= 15 is 0 Å². The molecule has 0 nitrogen and oxygen atoms in total. The molecule has 2 heteroatoms. The zero-order valence-corrected chi connectivity index (χ0v) is 13.9. The largest absolute Gasteiger partial charge is 0.102 e. The van der Waals surface area contributed by atoms with E-state index in [0.717, 1.165) is 0 Å². The minimum Gasteiger partial charge on any atom is -0.0620 e. The molecule has 0 fully saturated rings. The van der Waals surface area contributed by atoms with E-state index in [1.807, 2.05) is 0 Å². The van der Waals surface area contributed by atoms with E-state index in [9.17, 15) is 0 Å². The van der Waals surface area contributed by atoms with Gasteiger partial charge in [0.1, 0.15) is 15.9 Å². The first-order chi connectivity index (χ1) is 9.45. The maximum Gasteiger partial charge on any atom is 0.102 e. The first-order valence-electron chi connectivity index (χ1n) is 6.48. The summed E-state index contributed by atoms with van der Waals surface area (Å²) in [7, 11) is -0.877. The zero-order chi connectivity index (χ0) is 12.9. The van der Waals surface area contributed by atoms with Crippen LogP contribution in [0.25, 0.3) is 0 Å². The Kier molecular flexibility index (Phi) is 5.65. The maximum atomic E-state index is 2.24. The van der Waals surface area contributed by atoms with Crippen molar-refractivity contribution in [2.24, 2.45) is 0 Å². The normalized spacial score (nSPS) is 10.1. The molecule has 0 aliphatic carbocycles. The Hall–Kier alpha value is -1.29. The first-order valence-corrected chi connectivity index (χ1v) is 7.98. The molecule has 0 unspecified atom stereocenters. The second-order valence-electron chi connectivity index (χ2n) is 4.47. The third-order valence-corrected chi connectivity index (χ3v) is 5.92. The summed E-state index contributed by atoms with van der Waals surface area (Å²) in [5.41, 5.74) is 0. The minimum absolute atomic E-state index is 0. The van der Waals surface area contributed by atoms with Gasteiger partial charge >= 0.3 is 19.5 Å². The molecule has 0 bridgehead atoms. The van der Waals surface area contributed by atoms with Gasteiger partial charge in [0.2, 0.25) is 0 Å². The monoisotopic (exact) mass is 366 g/mol. The van der Waals surface area contributed by atoms with Gasteiger partial charge in [0, 0.05) is 0 Å². The van der Waals surface area contributed by atoms with Crippen molar-refractivity contribution >= 4 is 23.8 Å². The second-order valence-corrected chi connectivity index (χ2v) is 6.96. The zero-order valence-electron chi connectivity index (χ0n) is 11.0. The summed E-state index contributed by atoms with van der Waals surface area (Å²) in [4.78, 5) is 0. The van der Waals surface area contributed by atoms with Gasteiger partial charge in [-0.1, -0.05) is 54.6 Å². The summed E-state index contributed by atoms with van der Waals surface area (Å²) in [6.07, 6.45) is 0. The Bertz CT molecular complexity index is 529. The Morgan fingerprint density at radius 3 is 0.900 bits per heavy atom. The SMILES string of the molecule is [RuH].c1ccc([PH+](c2ccccc2)c2ccccc2)cc1. The summed E-state index contributed by atoms with van der Waals surface area (Å²) in [5, 5.41) is 4.31. The molecule has 3 rings (SSSR count). The van der Waals surface area contributed by atoms with E-state index in [2.05, 4.69) is 91.0 Å². The second kappa shape index (κ2) is 7.48. The fourth-order valence-electron chi connectivity index (χ4n) is 2.31. The van der Waals surface area contributed by atoms with Crippen LogP contribution < -0.4 is 15.9 Å². The predicted molar refractivity (Wildman–Crippen MR) is 87.9 cm³/mol. The van der Waals surface area contributed by atoms with E-state index in [0.29, 0.717) is 0 Å². The third-order valence-electron chi connectivity index (χ3n) is 3.19. The molecule has 0 heterocycles. The van der Waals surface area contributed by atoms with Crippen LogP contribution in [0.15, 0.2) is 91.0 Å². The van der Waals surface area contributed by atoms with Crippen LogP contribution in [0.3, 0.4) is 0 Å². The average molecular weight is 365 g/mol. The number of rotatable bonds is 3. The maximum absolute atomic E-state index is 2.24. The Morgan fingerprint density at radius 2 is 0.650 bits per heavy atom. The fraction of sp³-hybridized carbons (Fsp3) is 0. The molecule has 20 heavy (non-hydrogen) atoms. The van der Waals surface area contributed by atoms with Crippen LogP contribution in [0.1, 0.15) is 0 Å². The molecule has 3 aromatic carbocycles. The molecular formula is C18H17PRu+. The van der Waals surface area contributed by atoms with Crippen molar-refractivity contribution in [1.29, 1.82) is 0 Å². The molecule has 0 aliphatic heterocycles. The molecule has 0 radical (unpaired) electrons. The van der Waals surface area contributed by atoms with Crippen molar-refractivity contribution in [2.75, 3.05) is 0 Å². The number of benzene rings is 3. The van der Waals surface area contributed by atoms with Crippen LogP contribution in [0.5, 0.6) is 0 Å². The van der Waals surface area contributed by atoms with Crippen LogP contribution in [0.2, 0.25) is 0 Å². The molecule has 0 spiro atoms. The van der Waals surface area contributed by atoms with E-state index in [1.165, 1.54) is 15.9 Å². The third kappa shape index (κ3) is 3.42. The van der Waals surface area contributed by atoms with Gasteiger partial charge in [-0.3, -0.25) is 0 Å². The van der Waals surface area contributed by atoms with Crippen molar-refractivity contribution in [3.05, 3.63) is 91.0 Å². The molecule has 3 aromatic rings. The summed E-state index contributed by atoms with van der Waals surface area (Å²) in [6.45, 7) is 0. The van der Waals surface area contributed by atoms with Crippen LogP contribution >= 0.6 is 7.92 Å². The van der Waals surface area contributed by atoms with Gasteiger partial charge in [-0.15, -0.1) is 0 Å². The quantitative estimate of drug-likeness (QED) is 0.495. The molecule has 0 N–H and O–H groups in total. The van der Waals surface area contributed by atoms with E-state index in [4.69, 9.17) is 0 Å². The molecule has 0 amide bonds. The van der Waals surface area contributed by atoms with Gasteiger partial charge < -0.3 is 0 Å². The van der Waals surface area contributed by atoms with Crippen molar-refractivity contribution in [1.82, 2.24) is 0 Å². The van der Waals surface area contributed by atoms with E-state index < -0.39 is 7.92 Å². The predicted octanol–water partition coefficient (Wildman–Crippen LogP) is 2.91. The van der Waals surface area contributed by atoms with Crippen LogP contribution in [-0.4, -0.2) is 0 Å². The van der Waals surface area contributed by atoms with Gasteiger partial charge in [-0.25, -0.2) is 0 Å². The average Bonchev–Trinajstić information content (AvgIpc) is 2.51.